The molecule has 0 aromatic rings. The third kappa shape index (κ3) is 10.9. The minimum atomic E-state index is -1.03. The van der Waals surface area contributed by atoms with Gasteiger partial charge in [-0.2, -0.15) is 0 Å². The normalized spacial score (nSPS) is 14.2. The minimum absolute atomic E-state index is 0.239. The highest BCUT2D eigenvalue weighted by Gasteiger charge is 2.18. The van der Waals surface area contributed by atoms with Crippen molar-refractivity contribution in [1.82, 2.24) is 0 Å². The van der Waals surface area contributed by atoms with Crippen LogP contribution in [0.5, 0.6) is 0 Å². The predicted octanol–water partition coefficient (Wildman–Crippen LogP) is 4.20. The predicted molar refractivity (Wildman–Crippen MR) is 83.3 cm³/mol. The van der Waals surface area contributed by atoms with Crippen molar-refractivity contribution in [2.75, 3.05) is 0 Å². The van der Waals surface area contributed by atoms with Crippen molar-refractivity contribution in [3.63, 3.8) is 0 Å². The SMILES string of the molecule is [CH2]C(C=CCC(CCCCCCCCC)[N+](=O)[O-])[N+](=O)[O-]. The Morgan fingerprint density at radius 3 is 2.10 bits per heavy atom. The van der Waals surface area contributed by atoms with E-state index in [0.717, 1.165) is 19.3 Å². The molecule has 0 saturated carbocycles. The number of rotatable bonds is 13. The second-order valence-electron chi connectivity index (χ2n) is 5.37. The van der Waals surface area contributed by atoms with E-state index in [0.29, 0.717) is 6.42 Å². The summed E-state index contributed by atoms with van der Waals surface area (Å²) in [5, 5.41) is 21.3. The van der Waals surface area contributed by atoms with Crippen LogP contribution >= 0.6 is 0 Å². The Labute approximate surface area is 126 Å². The van der Waals surface area contributed by atoms with E-state index in [-0.39, 0.29) is 11.3 Å². The Kier molecular flexibility index (Phi) is 11.4. The molecule has 1 radical (unpaired) electrons. The van der Waals surface area contributed by atoms with Gasteiger partial charge in [-0.1, -0.05) is 51.5 Å². The first-order chi connectivity index (χ1) is 9.99. The molecule has 0 amide bonds. The zero-order valence-corrected chi connectivity index (χ0v) is 12.9. The highest BCUT2D eigenvalue weighted by Crippen LogP contribution is 2.13. The van der Waals surface area contributed by atoms with Gasteiger partial charge in [0, 0.05) is 29.6 Å². The van der Waals surface area contributed by atoms with E-state index in [1.807, 2.05) is 0 Å². The molecular weight excluding hydrogens is 272 g/mol. The van der Waals surface area contributed by atoms with Crippen molar-refractivity contribution in [3.05, 3.63) is 39.3 Å². The van der Waals surface area contributed by atoms with Crippen molar-refractivity contribution in [3.8, 4) is 0 Å². The molecule has 0 aliphatic carbocycles. The van der Waals surface area contributed by atoms with Crippen molar-refractivity contribution < 1.29 is 9.85 Å². The van der Waals surface area contributed by atoms with Crippen molar-refractivity contribution in [1.29, 1.82) is 0 Å². The van der Waals surface area contributed by atoms with Crippen molar-refractivity contribution >= 4 is 0 Å². The molecule has 0 heterocycles. The lowest BCUT2D eigenvalue weighted by atomic mass is 10.0. The van der Waals surface area contributed by atoms with Crippen LogP contribution in [0.25, 0.3) is 0 Å². The molecule has 2 atom stereocenters. The van der Waals surface area contributed by atoms with E-state index in [1.165, 1.54) is 37.8 Å². The largest absolute Gasteiger partial charge is 0.264 e. The molecular formula is C15H27N2O4. The van der Waals surface area contributed by atoms with E-state index in [2.05, 4.69) is 13.8 Å². The first-order valence-electron chi connectivity index (χ1n) is 7.75. The Morgan fingerprint density at radius 1 is 1.00 bits per heavy atom. The molecule has 0 rings (SSSR count). The minimum Gasteiger partial charge on any atom is -0.264 e. The zero-order valence-electron chi connectivity index (χ0n) is 12.9. The van der Waals surface area contributed by atoms with Crippen LogP contribution in [0.1, 0.15) is 64.7 Å². The van der Waals surface area contributed by atoms with Crippen molar-refractivity contribution in [2.45, 2.75) is 76.8 Å². The number of hydrogen-bond donors (Lipinski definition) is 0. The summed E-state index contributed by atoms with van der Waals surface area (Å²) in [5.41, 5.74) is 0. The van der Waals surface area contributed by atoms with Gasteiger partial charge in [0.05, 0.1) is 0 Å². The summed E-state index contributed by atoms with van der Waals surface area (Å²) < 4.78 is 0. The van der Waals surface area contributed by atoms with Gasteiger partial charge in [0.1, 0.15) is 0 Å². The first-order valence-corrected chi connectivity index (χ1v) is 7.75. The van der Waals surface area contributed by atoms with Crippen LogP contribution in [-0.4, -0.2) is 21.9 Å². The molecule has 0 bridgehead atoms. The number of nitrogens with zero attached hydrogens (tertiary/aromatic N) is 2. The van der Waals surface area contributed by atoms with Gasteiger partial charge in [-0.05, 0) is 12.5 Å². The maximum absolute atomic E-state index is 10.9. The van der Waals surface area contributed by atoms with Crippen LogP contribution in [0.3, 0.4) is 0 Å². The molecule has 0 fully saturated rings. The Balaban J connectivity index is 3.88. The van der Waals surface area contributed by atoms with E-state index in [4.69, 9.17) is 0 Å². The Morgan fingerprint density at radius 2 is 1.57 bits per heavy atom. The Hall–Kier alpha value is -1.46. The zero-order chi connectivity index (χ0) is 16.1. The van der Waals surface area contributed by atoms with E-state index in [1.54, 1.807) is 0 Å². The van der Waals surface area contributed by atoms with E-state index < -0.39 is 17.0 Å². The fourth-order valence-electron chi connectivity index (χ4n) is 2.11. The van der Waals surface area contributed by atoms with Gasteiger partial charge in [0.15, 0.2) is 0 Å². The van der Waals surface area contributed by atoms with E-state index >= 15 is 0 Å². The smallest absolute Gasteiger partial charge is 0.231 e. The van der Waals surface area contributed by atoms with Crippen LogP contribution in [0.2, 0.25) is 0 Å². The molecule has 0 spiro atoms. The number of nitro groups is 2. The second kappa shape index (κ2) is 12.3. The monoisotopic (exact) mass is 299 g/mol. The van der Waals surface area contributed by atoms with Gasteiger partial charge >= 0.3 is 0 Å². The average Bonchev–Trinajstić information content (AvgIpc) is 2.43. The molecule has 0 N–H and O–H groups in total. The lowest BCUT2D eigenvalue weighted by Gasteiger charge is -2.07. The van der Waals surface area contributed by atoms with Gasteiger partial charge in [-0.25, -0.2) is 0 Å². The topological polar surface area (TPSA) is 86.3 Å². The molecule has 21 heavy (non-hydrogen) atoms. The molecule has 0 aliphatic rings. The lowest BCUT2D eigenvalue weighted by Crippen LogP contribution is -2.19. The number of unbranched alkanes of at least 4 members (excludes halogenated alkanes) is 6. The van der Waals surface area contributed by atoms with Gasteiger partial charge in [0.2, 0.25) is 12.1 Å². The highest BCUT2D eigenvalue weighted by molar-refractivity contribution is 4.91. The van der Waals surface area contributed by atoms with Crippen LogP contribution in [0, 0.1) is 27.2 Å². The summed E-state index contributed by atoms with van der Waals surface area (Å²) in [7, 11) is 0. The third-order valence-electron chi connectivity index (χ3n) is 3.48. The maximum Gasteiger partial charge on any atom is 0.231 e. The standard InChI is InChI=1S/C15H27N2O4/c1-3-4-5-6-7-8-9-12-15(17(20)21)13-10-11-14(2)16(18)19/h10-11,14-15H,2-9,12-13H2,1H3. The highest BCUT2D eigenvalue weighted by atomic mass is 16.6. The van der Waals surface area contributed by atoms with Crippen molar-refractivity contribution in [2.24, 2.45) is 0 Å². The van der Waals surface area contributed by atoms with Gasteiger partial charge in [-0.3, -0.25) is 20.2 Å². The molecule has 0 aromatic carbocycles. The van der Waals surface area contributed by atoms with Crippen LogP contribution < -0.4 is 0 Å². The summed E-state index contributed by atoms with van der Waals surface area (Å²) in [4.78, 5) is 20.5. The fraction of sp³-hybridized carbons (Fsp3) is 0.800. The summed E-state index contributed by atoms with van der Waals surface area (Å²) in [6.07, 6.45) is 11.5. The quantitative estimate of drug-likeness (QED) is 0.221. The van der Waals surface area contributed by atoms with Crippen LogP contribution in [0.4, 0.5) is 0 Å². The summed E-state index contributed by atoms with van der Waals surface area (Å²) in [5.74, 6) is 0. The van der Waals surface area contributed by atoms with Gasteiger partial charge < -0.3 is 0 Å². The fourth-order valence-corrected chi connectivity index (χ4v) is 2.11. The van der Waals surface area contributed by atoms with Gasteiger partial charge in [-0.15, -0.1) is 0 Å². The number of hydrogen-bond acceptors (Lipinski definition) is 4. The molecule has 121 valence electrons. The molecule has 6 nitrogen and oxygen atoms in total. The van der Waals surface area contributed by atoms with Crippen LogP contribution in [0.15, 0.2) is 12.2 Å². The average molecular weight is 299 g/mol. The Bertz CT molecular complexity index is 332. The first kappa shape index (κ1) is 19.5. The summed E-state index contributed by atoms with van der Waals surface area (Å²) >= 11 is 0. The molecule has 0 saturated heterocycles. The summed E-state index contributed by atoms with van der Waals surface area (Å²) in [6, 6.07) is -1.67. The molecule has 0 aromatic heterocycles. The maximum atomic E-state index is 10.9. The second-order valence-corrected chi connectivity index (χ2v) is 5.37. The van der Waals surface area contributed by atoms with Gasteiger partial charge in [0.25, 0.3) is 0 Å². The third-order valence-corrected chi connectivity index (χ3v) is 3.48. The molecule has 2 unspecified atom stereocenters. The molecule has 6 heteroatoms. The summed E-state index contributed by atoms with van der Waals surface area (Å²) in [6.45, 7) is 5.51. The van der Waals surface area contributed by atoms with E-state index in [9.17, 15) is 20.2 Å². The van der Waals surface area contributed by atoms with Crippen LogP contribution in [-0.2, 0) is 0 Å². The molecule has 0 aliphatic heterocycles. The lowest BCUT2D eigenvalue weighted by molar-refractivity contribution is -0.522.